The predicted octanol–water partition coefficient (Wildman–Crippen LogP) is 2.18. The highest BCUT2D eigenvalue weighted by Crippen LogP contribution is 2.30. The maximum atomic E-state index is 10.7. The molecular formula is C13H24N2O4. The third-order valence-electron chi connectivity index (χ3n) is 3.99. The van der Waals surface area contributed by atoms with Gasteiger partial charge < -0.3 is 20.1 Å². The molecule has 19 heavy (non-hydrogen) atoms. The van der Waals surface area contributed by atoms with Gasteiger partial charge in [0.05, 0.1) is 11.1 Å². The van der Waals surface area contributed by atoms with E-state index in [1.165, 1.54) is 0 Å². The van der Waals surface area contributed by atoms with Crippen molar-refractivity contribution in [1.82, 2.24) is 10.6 Å². The van der Waals surface area contributed by atoms with Gasteiger partial charge in [-0.15, -0.1) is 0 Å². The van der Waals surface area contributed by atoms with Crippen LogP contribution in [0.25, 0.3) is 0 Å². The third kappa shape index (κ3) is 3.30. The number of rotatable bonds is 0. The van der Waals surface area contributed by atoms with Gasteiger partial charge in [0.1, 0.15) is 11.7 Å². The molecule has 2 N–H and O–H groups in total. The predicted molar refractivity (Wildman–Crippen MR) is 70.9 cm³/mol. The summed E-state index contributed by atoms with van der Waals surface area (Å²) in [6.07, 6.45) is -0.660. The van der Waals surface area contributed by atoms with Crippen LogP contribution in [0, 0.1) is 0 Å². The molecule has 2 saturated heterocycles. The lowest BCUT2D eigenvalue weighted by Crippen LogP contribution is -2.48. The number of carbonyl (C=O) groups excluding carboxylic acids is 2. The first kappa shape index (κ1) is 15.6. The van der Waals surface area contributed by atoms with E-state index in [9.17, 15) is 9.59 Å². The minimum atomic E-state index is -0.399. The Balaban J connectivity index is 0.000000191. The van der Waals surface area contributed by atoms with E-state index in [2.05, 4.69) is 10.6 Å². The molecule has 6 heteroatoms. The number of alkyl carbamates (subject to hydrolysis) is 2. The highest BCUT2D eigenvalue weighted by atomic mass is 16.6. The fraction of sp³-hybridized carbons (Fsp3) is 0.846. The average molecular weight is 272 g/mol. The largest absolute Gasteiger partial charge is 0.444 e. The number of nitrogens with one attached hydrogen (secondary N) is 2. The lowest BCUT2D eigenvalue weighted by atomic mass is 9.87. The van der Waals surface area contributed by atoms with Crippen molar-refractivity contribution in [2.75, 3.05) is 0 Å². The van der Waals surface area contributed by atoms with E-state index in [-0.39, 0.29) is 29.4 Å². The number of carbonyl (C=O) groups is 2. The lowest BCUT2D eigenvalue weighted by molar-refractivity contribution is 0.0446. The van der Waals surface area contributed by atoms with Gasteiger partial charge in [-0.2, -0.15) is 0 Å². The maximum absolute atomic E-state index is 10.7. The molecule has 0 spiro atoms. The molecule has 2 amide bonds. The average Bonchev–Trinajstić information content (AvgIpc) is 2.45. The van der Waals surface area contributed by atoms with Crippen LogP contribution in [0.5, 0.6) is 0 Å². The van der Waals surface area contributed by atoms with Crippen molar-refractivity contribution in [2.24, 2.45) is 0 Å². The minimum Gasteiger partial charge on any atom is -0.444 e. The maximum Gasteiger partial charge on any atom is 0.408 e. The first-order valence-electron chi connectivity index (χ1n) is 6.37. The molecule has 2 aliphatic rings. The summed E-state index contributed by atoms with van der Waals surface area (Å²) >= 11 is 0. The Hall–Kier alpha value is -1.46. The molecule has 2 fully saturated rings. The van der Waals surface area contributed by atoms with Crippen LogP contribution in [0.15, 0.2) is 0 Å². The van der Waals surface area contributed by atoms with E-state index in [1.54, 1.807) is 0 Å². The summed E-state index contributed by atoms with van der Waals surface area (Å²) in [6.45, 7) is 13.4. The fourth-order valence-corrected chi connectivity index (χ4v) is 1.49. The van der Waals surface area contributed by atoms with Gasteiger partial charge in [0, 0.05) is 0 Å². The van der Waals surface area contributed by atoms with Gasteiger partial charge in [0.2, 0.25) is 0 Å². The van der Waals surface area contributed by atoms with Crippen molar-refractivity contribution in [1.29, 1.82) is 0 Å². The first-order chi connectivity index (χ1) is 8.37. The van der Waals surface area contributed by atoms with Crippen LogP contribution in [-0.2, 0) is 9.47 Å². The van der Waals surface area contributed by atoms with Crippen molar-refractivity contribution in [3.63, 3.8) is 0 Å². The highest BCUT2D eigenvalue weighted by molar-refractivity contribution is 5.72. The zero-order valence-electron chi connectivity index (χ0n) is 12.7. The molecular weight excluding hydrogens is 248 g/mol. The van der Waals surface area contributed by atoms with Gasteiger partial charge in [-0.3, -0.25) is 0 Å². The van der Waals surface area contributed by atoms with Gasteiger partial charge in [-0.25, -0.2) is 9.59 Å². The van der Waals surface area contributed by atoms with Crippen molar-refractivity contribution in [3.05, 3.63) is 0 Å². The molecule has 0 aliphatic carbocycles. The molecule has 1 atom stereocenters. The molecule has 2 aliphatic heterocycles. The summed E-state index contributed by atoms with van der Waals surface area (Å²) in [4.78, 5) is 21.3. The number of ether oxygens (including phenoxy) is 2. The van der Waals surface area contributed by atoms with Crippen LogP contribution in [0.3, 0.4) is 0 Å². The van der Waals surface area contributed by atoms with E-state index in [1.807, 2.05) is 48.5 Å². The highest BCUT2D eigenvalue weighted by Gasteiger charge is 2.47. The van der Waals surface area contributed by atoms with Crippen LogP contribution in [0.4, 0.5) is 9.59 Å². The Morgan fingerprint density at radius 2 is 1.47 bits per heavy atom. The number of hydrogen-bond donors (Lipinski definition) is 2. The molecule has 0 bridgehead atoms. The number of cyclic esters (lactones) is 2. The van der Waals surface area contributed by atoms with Crippen LogP contribution in [0.1, 0.15) is 48.5 Å². The zero-order chi connectivity index (χ0) is 15.1. The molecule has 110 valence electrons. The molecule has 0 aromatic carbocycles. The van der Waals surface area contributed by atoms with E-state index in [4.69, 9.17) is 9.47 Å². The molecule has 6 nitrogen and oxygen atoms in total. The normalized spacial score (nSPS) is 29.3. The minimum absolute atomic E-state index is 0.0231. The van der Waals surface area contributed by atoms with Gasteiger partial charge in [-0.05, 0) is 48.5 Å². The van der Waals surface area contributed by atoms with Crippen molar-refractivity contribution in [2.45, 2.75) is 71.2 Å². The smallest absolute Gasteiger partial charge is 0.408 e. The Morgan fingerprint density at radius 1 is 0.947 bits per heavy atom. The number of amides is 2. The molecule has 2 rings (SSSR count). The summed E-state index contributed by atoms with van der Waals surface area (Å²) in [6, 6.07) is 0. The SMILES string of the molecule is CC1(C)NC(=O)OC1(C)C.CC1OC(=O)NC1(C)C. The molecule has 0 aromatic heterocycles. The summed E-state index contributed by atoms with van der Waals surface area (Å²) in [5.41, 5.74) is -0.856. The van der Waals surface area contributed by atoms with Crippen LogP contribution in [-0.4, -0.2) is 35.0 Å². The Morgan fingerprint density at radius 3 is 1.58 bits per heavy atom. The first-order valence-corrected chi connectivity index (χ1v) is 6.37. The Kier molecular flexibility index (Phi) is 3.76. The molecule has 0 radical (unpaired) electrons. The molecule has 2 heterocycles. The monoisotopic (exact) mass is 272 g/mol. The van der Waals surface area contributed by atoms with Crippen molar-refractivity contribution < 1.29 is 19.1 Å². The van der Waals surface area contributed by atoms with Crippen LogP contribution in [0.2, 0.25) is 0 Å². The lowest BCUT2D eigenvalue weighted by Gasteiger charge is -2.30. The van der Waals surface area contributed by atoms with Crippen molar-refractivity contribution in [3.8, 4) is 0 Å². The second-order valence-electron chi connectivity index (χ2n) is 6.54. The summed E-state index contributed by atoms with van der Waals surface area (Å²) in [5.74, 6) is 0. The van der Waals surface area contributed by atoms with Gasteiger partial charge in [0.25, 0.3) is 0 Å². The summed E-state index contributed by atoms with van der Waals surface area (Å²) in [5, 5.41) is 5.40. The van der Waals surface area contributed by atoms with Gasteiger partial charge in [0.15, 0.2) is 0 Å². The quantitative estimate of drug-likeness (QED) is 0.708. The van der Waals surface area contributed by atoms with Crippen LogP contribution < -0.4 is 10.6 Å². The number of hydrogen-bond acceptors (Lipinski definition) is 4. The summed E-state index contributed by atoms with van der Waals surface area (Å²) < 4.78 is 9.84. The van der Waals surface area contributed by atoms with E-state index >= 15 is 0 Å². The standard InChI is InChI=1S/C7H13NO2.C6H11NO2/c1-6(2)7(3,4)10-5(9)8-6;1-4-6(2,3)7-5(8)9-4/h1-4H3,(H,8,9);4H,1-3H3,(H,7,8). The van der Waals surface area contributed by atoms with Gasteiger partial charge in [-0.1, -0.05) is 0 Å². The summed E-state index contributed by atoms with van der Waals surface area (Å²) in [7, 11) is 0. The Bertz CT molecular complexity index is 370. The Labute approximate surface area is 114 Å². The van der Waals surface area contributed by atoms with Gasteiger partial charge >= 0.3 is 12.2 Å². The third-order valence-corrected chi connectivity index (χ3v) is 3.99. The van der Waals surface area contributed by atoms with E-state index < -0.39 is 5.60 Å². The molecule has 0 aromatic rings. The van der Waals surface area contributed by atoms with E-state index in [0.29, 0.717) is 0 Å². The van der Waals surface area contributed by atoms with E-state index in [0.717, 1.165) is 0 Å². The zero-order valence-corrected chi connectivity index (χ0v) is 12.7. The molecule has 0 saturated carbocycles. The fourth-order valence-electron chi connectivity index (χ4n) is 1.49. The topological polar surface area (TPSA) is 76.7 Å². The second-order valence-corrected chi connectivity index (χ2v) is 6.54. The molecule has 1 unspecified atom stereocenters. The van der Waals surface area contributed by atoms with Crippen molar-refractivity contribution >= 4 is 12.2 Å². The second kappa shape index (κ2) is 4.58. The van der Waals surface area contributed by atoms with Crippen LogP contribution >= 0.6 is 0 Å².